The van der Waals surface area contributed by atoms with Crippen LogP contribution in [-0.4, -0.2) is 42.6 Å². The van der Waals surface area contributed by atoms with Crippen LogP contribution in [0.2, 0.25) is 0 Å². The van der Waals surface area contributed by atoms with Crippen molar-refractivity contribution in [2.24, 2.45) is 0 Å². The summed E-state index contributed by atoms with van der Waals surface area (Å²) < 4.78 is 5.19. The second-order valence-corrected chi connectivity index (χ2v) is 8.44. The van der Waals surface area contributed by atoms with Crippen LogP contribution < -0.4 is 15.5 Å². The molecule has 1 aliphatic carbocycles. The van der Waals surface area contributed by atoms with Gasteiger partial charge in [0.15, 0.2) is 0 Å². The highest BCUT2D eigenvalue weighted by atomic mass is 79.9. The minimum absolute atomic E-state index is 0.228. The van der Waals surface area contributed by atoms with E-state index < -0.39 is 11.6 Å². The molecule has 0 aromatic heterocycles. The van der Waals surface area contributed by atoms with Crippen molar-refractivity contribution in [1.29, 1.82) is 0 Å². The number of amides is 2. The monoisotopic (exact) mass is 487 g/mol. The Labute approximate surface area is 192 Å². The number of ether oxygens (including phenoxy) is 1. The number of anilines is 2. The summed E-state index contributed by atoms with van der Waals surface area (Å²) in [6.07, 6.45) is 1.07. The number of halogens is 1. The number of benzene rings is 2. The quantitative estimate of drug-likeness (QED) is 0.537. The van der Waals surface area contributed by atoms with Gasteiger partial charge in [0.2, 0.25) is 0 Å². The zero-order valence-electron chi connectivity index (χ0n) is 18.1. The molecule has 0 fully saturated rings. The fraction of sp³-hybridized carbons (Fsp3) is 0.417. The van der Waals surface area contributed by atoms with E-state index in [9.17, 15) is 9.59 Å². The lowest BCUT2D eigenvalue weighted by atomic mass is 9.77. The third-order valence-corrected chi connectivity index (χ3v) is 6.10. The summed E-state index contributed by atoms with van der Waals surface area (Å²) in [7, 11) is 0. The van der Waals surface area contributed by atoms with E-state index in [0.29, 0.717) is 30.3 Å². The van der Waals surface area contributed by atoms with Gasteiger partial charge < -0.3 is 20.3 Å². The lowest BCUT2D eigenvalue weighted by Crippen LogP contribution is -2.60. The Morgan fingerprint density at radius 1 is 1.06 bits per heavy atom. The molecule has 0 aliphatic heterocycles. The van der Waals surface area contributed by atoms with Gasteiger partial charge in [-0.2, -0.15) is 0 Å². The van der Waals surface area contributed by atoms with Crippen molar-refractivity contribution in [2.45, 2.75) is 38.6 Å². The molecule has 0 bridgehead atoms. The average Bonchev–Trinajstić information content (AvgIpc) is 2.79. The molecule has 31 heavy (non-hydrogen) atoms. The van der Waals surface area contributed by atoms with E-state index >= 15 is 0 Å². The number of carbonyl (C=O) groups is 2. The summed E-state index contributed by atoms with van der Waals surface area (Å²) in [4.78, 5) is 28.1. The normalized spacial score (nSPS) is 17.4. The first-order valence-electron chi connectivity index (χ1n) is 10.8. The highest BCUT2D eigenvalue weighted by Gasteiger charge is 2.43. The second kappa shape index (κ2) is 10.7. The lowest BCUT2D eigenvalue weighted by molar-refractivity contribution is -0.122. The largest absolute Gasteiger partial charge is 0.449 e. The Bertz CT molecular complexity index is 899. The number of nitrogens with one attached hydrogen (secondary N) is 2. The standard InChI is InChI=1S/C24H30BrN3O3/c1-3-28(4-2)21-11-9-20(10-12-21)26-22(29)24(27-23(30)31-16-15-25)14-13-18-7-5-6-8-19(18)17-24/h5-12H,3-4,13-17H2,1-2H3,(H,26,29)(H,27,30)/t24-/m0/s1. The summed E-state index contributed by atoms with van der Waals surface area (Å²) in [6.45, 7) is 6.32. The highest BCUT2D eigenvalue weighted by Crippen LogP contribution is 2.30. The maximum absolute atomic E-state index is 13.4. The van der Waals surface area contributed by atoms with Gasteiger partial charge in [0, 0.05) is 36.2 Å². The molecule has 0 radical (unpaired) electrons. The van der Waals surface area contributed by atoms with Crippen LogP contribution in [0, 0.1) is 0 Å². The number of carbonyl (C=O) groups excluding carboxylic acids is 2. The summed E-state index contributed by atoms with van der Waals surface area (Å²) >= 11 is 3.25. The fourth-order valence-electron chi connectivity index (χ4n) is 4.05. The van der Waals surface area contributed by atoms with Gasteiger partial charge in [0.1, 0.15) is 12.1 Å². The Morgan fingerprint density at radius 2 is 1.74 bits per heavy atom. The van der Waals surface area contributed by atoms with E-state index in [1.54, 1.807) is 0 Å². The number of rotatable bonds is 8. The predicted octanol–water partition coefficient (Wildman–Crippen LogP) is 4.52. The van der Waals surface area contributed by atoms with E-state index in [-0.39, 0.29) is 12.5 Å². The number of hydrogen-bond donors (Lipinski definition) is 2. The first kappa shape index (κ1) is 23.1. The molecule has 7 heteroatoms. The molecule has 6 nitrogen and oxygen atoms in total. The smallest absolute Gasteiger partial charge is 0.408 e. The number of nitrogens with zero attached hydrogens (tertiary/aromatic N) is 1. The second-order valence-electron chi connectivity index (χ2n) is 7.65. The van der Waals surface area contributed by atoms with Gasteiger partial charge in [-0.15, -0.1) is 0 Å². The molecule has 0 unspecified atom stereocenters. The SMILES string of the molecule is CCN(CC)c1ccc(NC(=O)[C@]2(NC(=O)OCCBr)CCc3ccccc3C2)cc1. The van der Waals surface area contributed by atoms with Crippen LogP contribution in [0.3, 0.4) is 0 Å². The Balaban J connectivity index is 1.80. The maximum Gasteiger partial charge on any atom is 0.408 e. The number of hydrogen-bond acceptors (Lipinski definition) is 4. The lowest BCUT2D eigenvalue weighted by Gasteiger charge is -2.37. The topological polar surface area (TPSA) is 70.7 Å². The number of aryl methyl sites for hydroxylation is 1. The molecule has 0 spiro atoms. The van der Waals surface area contributed by atoms with Gasteiger partial charge in [0.25, 0.3) is 5.91 Å². The predicted molar refractivity (Wildman–Crippen MR) is 128 cm³/mol. The van der Waals surface area contributed by atoms with Crippen LogP contribution in [0.25, 0.3) is 0 Å². The zero-order valence-corrected chi connectivity index (χ0v) is 19.7. The van der Waals surface area contributed by atoms with Gasteiger partial charge in [-0.3, -0.25) is 4.79 Å². The third-order valence-electron chi connectivity index (χ3n) is 5.77. The molecule has 0 heterocycles. The third kappa shape index (κ3) is 5.58. The van der Waals surface area contributed by atoms with Crippen LogP contribution in [-0.2, 0) is 22.4 Å². The van der Waals surface area contributed by atoms with Gasteiger partial charge >= 0.3 is 6.09 Å². The summed E-state index contributed by atoms with van der Waals surface area (Å²) in [5.41, 5.74) is 3.04. The van der Waals surface area contributed by atoms with E-state index in [2.05, 4.69) is 51.4 Å². The highest BCUT2D eigenvalue weighted by molar-refractivity contribution is 9.09. The molecular weight excluding hydrogens is 458 g/mol. The molecule has 1 aliphatic rings. The first-order chi connectivity index (χ1) is 15.0. The van der Waals surface area contributed by atoms with Crippen LogP contribution in [0.1, 0.15) is 31.4 Å². The molecule has 3 rings (SSSR count). The minimum Gasteiger partial charge on any atom is -0.449 e. The molecule has 166 valence electrons. The van der Waals surface area contributed by atoms with E-state index in [4.69, 9.17) is 4.74 Å². The molecular formula is C24H30BrN3O3. The van der Waals surface area contributed by atoms with Crippen LogP contribution >= 0.6 is 15.9 Å². The van der Waals surface area contributed by atoms with Crippen LogP contribution in [0.5, 0.6) is 0 Å². The van der Waals surface area contributed by atoms with Gasteiger partial charge in [0.05, 0.1) is 0 Å². The van der Waals surface area contributed by atoms with Crippen molar-refractivity contribution < 1.29 is 14.3 Å². The molecule has 2 aromatic carbocycles. The Hall–Kier alpha value is -2.54. The Morgan fingerprint density at radius 3 is 2.39 bits per heavy atom. The van der Waals surface area contributed by atoms with E-state index in [1.807, 2.05) is 42.5 Å². The first-order valence-corrected chi connectivity index (χ1v) is 11.9. The minimum atomic E-state index is -1.06. The van der Waals surface area contributed by atoms with Crippen molar-refractivity contribution >= 4 is 39.3 Å². The Kier molecular flexibility index (Phi) is 7.96. The summed E-state index contributed by atoms with van der Waals surface area (Å²) in [5.74, 6) is -0.228. The number of fused-ring (bicyclic) bond motifs is 1. The zero-order chi connectivity index (χ0) is 22.3. The maximum atomic E-state index is 13.4. The van der Waals surface area contributed by atoms with Crippen molar-refractivity contribution in [2.75, 3.05) is 35.2 Å². The fourth-order valence-corrected chi connectivity index (χ4v) is 4.21. The average molecular weight is 488 g/mol. The molecule has 2 aromatic rings. The summed E-state index contributed by atoms with van der Waals surface area (Å²) in [6, 6.07) is 15.9. The van der Waals surface area contributed by atoms with Crippen molar-refractivity contribution in [3.63, 3.8) is 0 Å². The van der Waals surface area contributed by atoms with Crippen molar-refractivity contribution in [3.8, 4) is 0 Å². The molecule has 0 saturated carbocycles. The van der Waals surface area contributed by atoms with Crippen molar-refractivity contribution in [3.05, 3.63) is 59.7 Å². The number of alkyl carbamates (subject to hydrolysis) is 1. The molecule has 1 atom stereocenters. The van der Waals surface area contributed by atoms with Crippen LogP contribution in [0.15, 0.2) is 48.5 Å². The van der Waals surface area contributed by atoms with Gasteiger partial charge in [-0.25, -0.2) is 4.79 Å². The van der Waals surface area contributed by atoms with E-state index in [1.165, 1.54) is 5.56 Å². The summed E-state index contributed by atoms with van der Waals surface area (Å²) in [5, 5.41) is 6.43. The molecule has 2 N–H and O–H groups in total. The molecule has 2 amide bonds. The van der Waals surface area contributed by atoms with Crippen molar-refractivity contribution in [1.82, 2.24) is 5.32 Å². The van der Waals surface area contributed by atoms with Gasteiger partial charge in [-0.05, 0) is 62.1 Å². The van der Waals surface area contributed by atoms with Crippen LogP contribution in [0.4, 0.5) is 16.2 Å². The van der Waals surface area contributed by atoms with Gasteiger partial charge in [-0.1, -0.05) is 40.2 Å². The van der Waals surface area contributed by atoms with E-state index in [0.717, 1.165) is 24.3 Å². The number of alkyl halides is 1. The molecule has 0 saturated heterocycles.